The number of piperidine rings is 1. The fourth-order valence-electron chi connectivity index (χ4n) is 1.77. The summed E-state index contributed by atoms with van der Waals surface area (Å²) in [4.78, 5) is 16.3. The number of likely N-dealkylation sites (tertiary alicyclic amines) is 1. The van der Waals surface area contributed by atoms with Crippen molar-refractivity contribution >= 4 is 22.0 Å². The average molecular weight is 301 g/mol. The highest BCUT2D eigenvalue weighted by Gasteiger charge is 2.23. The zero-order chi connectivity index (χ0) is 12.3. The Morgan fingerprint density at radius 1 is 1.47 bits per heavy atom. The van der Waals surface area contributed by atoms with Crippen LogP contribution in [0.5, 0.6) is 5.88 Å². The molecule has 1 aromatic heterocycles. The summed E-state index contributed by atoms with van der Waals surface area (Å²) in [5, 5.41) is 8.81. The zero-order valence-corrected chi connectivity index (χ0v) is 10.8. The van der Waals surface area contributed by atoms with Crippen molar-refractivity contribution < 1.29 is 14.6 Å². The monoisotopic (exact) mass is 300 g/mol. The minimum absolute atomic E-state index is 0.0549. The van der Waals surface area contributed by atoms with E-state index in [2.05, 4.69) is 20.9 Å². The smallest absolute Gasteiger partial charge is 0.407 e. The molecule has 0 aliphatic carbocycles. The SMILES string of the molecule is O=C(O)N1CCC(Oc2ccc(Br)cn2)CC1. The molecule has 1 saturated heterocycles. The molecule has 1 aromatic rings. The molecule has 1 aliphatic rings. The van der Waals surface area contributed by atoms with Gasteiger partial charge in [-0.2, -0.15) is 0 Å². The van der Waals surface area contributed by atoms with Crippen molar-refractivity contribution in [3.63, 3.8) is 0 Å². The fraction of sp³-hybridized carbons (Fsp3) is 0.455. The number of carbonyl (C=O) groups is 1. The molecule has 1 amide bonds. The van der Waals surface area contributed by atoms with E-state index in [0.717, 1.165) is 4.47 Å². The third-order valence-electron chi connectivity index (χ3n) is 2.70. The largest absolute Gasteiger partial charge is 0.474 e. The van der Waals surface area contributed by atoms with E-state index in [1.165, 1.54) is 4.90 Å². The predicted octanol–water partition coefficient (Wildman–Crippen LogP) is 2.37. The number of ether oxygens (including phenoxy) is 1. The second kappa shape index (κ2) is 5.35. The Kier molecular flexibility index (Phi) is 3.83. The van der Waals surface area contributed by atoms with Crippen LogP contribution in [0.15, 0.2) is 22.8 Å². The highest BCUT2D eigenvalue weighted by molar-refractivity contribution is 9.10. The van der Waals surface area contributed by atoms with Crippen LogP contribution in [-0.2, 0) is 0 Å². The number of carboxylic acid groups (broad SMARTS) is 1. The number of amides is 1. The molecule has 0 bridgehead atoms. The molecule has 0 atom stereocenters. The number of aromatic nitrogens is 1. The van der Waals surface area contributed by atoms with Crippen molar-refractivity contribution in [3.05, 3.63) is 22.8 Å². The van der Waals surface area contributed by atoms with Crippen molar-refractivity contribution in [2.24, 2.45) is 0 Å². The molecule has 1 aliphatic heterocycles. The fourth-order valence-corrected chi connectivity index (χ4v) is 2.00. The molecule has 2 heterocycles. The lowest BCUT2D eigenvalue weighted by molar-refractivity contribution is 0.0871. The molecule has 1 fully saturated rings. The summed E-state index contributed by atoms with van der Waals surface area (Å²) >= 11 is 3.30. The molecule has 0 spiro atoms. The molecule has 2 rings (SSSR count). The van der Waals surface area contributed by atoms with Crippen LogP contribution in [0, 0.1) is 0 Å². The van der Waals surface area contributed by atoms with Gasteiger partial charge in [-0.25, -0.2) is 9.78 Å². The molecule has 92 valence electrons. The van der Waals surface area contributed by atoms with Gasteiger partial charge in [0.1, 0.15) is 6.10 Å². The lowest BCUT2D eigenvalue weighted by Gasteiger charge is -2.29. The number of halogens is 1. The Morgan fingerprint density at radius 3 is 2.71 bits per heavy atom. The summed E-state index contributed by atoms with van der Waals surface area (Å²) in [6.07, 6.45) is 2.31. The van der Waals surface area contributed by atoms with E-state index in [9.17, 15) is 4.79 Å². The van der Waals surface area contributed by atoms with Crippen molar-refractivity contribution in [1.82, 2.24) is 9.88 Å². The molecule has 0 aromatic carbocycles. The Morgan fingerprint density at radius 2 is 2.18 bits per heavy atom. The predicted molar refractivity (Wildman–Crippen MR) is 65.2 cm³/mol. The highest BCUT2D eigenvalue weighted by atomic mass is 79.9. The molecule has 0 saturated carbocycles. The van der Waals surface area contributed by atoms with Gasteiger partial charge in [-0.1, -0.05) is 0 Å². The number of pyridine rings is 1. The third-order valence-corrected chi connectivity index (χ3v) is 3.17. The van der Waals surface area contributed by atoms with Crippen LogP contribution in [0.25, 0.3) is 0 Å². The summed E-state index contributed by atoms with van der Waals surface area (Å²) in [7, 11) is 0. The normalized spacial score (nSPS) is 16.9. The van der Waals surface area contributed by atoms with E-state index in [-0.39, 0.29) is 6.10 Å². The van der Waals surface area contributed by atoms with Gasteiger partial charge < -0.3 is 14.7 Å². The van der Waals surface area contributed by atoms with Crippen LogP contribution in [0.1, 0.15) is 12.8 Å². The summed E-state index contributed by atoms with van der Waals surface area (Å²) in [6, 6.07) is 3.67. The number of hydrogen-bond donors (Lipinski definition) is 1. The van der Waals surface area contributed by atoms with E-state index < -0.39 is 6.09 Å². The van der Waals surface area contributed by atoms with Gasteiger partial charge in [-0.05, 0) is 22.0 Å². The van der Waals surface area contributed by atoms with Crippen LogP contribution >= 0.6 is 15.9 Å². The first kappa shape index (κ1) is 12.2. The van der Waals surface area contributed by atoms with Gasteiger partial charge in [0.05, 0.1) is 0 Å². The van der Waals surface area contributed by atoms with Gasteiger partial charge in [-0.15, -0.1) is 0 Å². The molecule has 17 heavy (non-hydrogen) atoms. The van der Waals surface area contributed by atoms with Gasteiger partial charge in [0, 0.05) is 42.7 Å². The van der Waals surface area contributed by atoms with Crippen LogP contribution in [-0.4, -0.2) is 40.3 Å². The van der Waals surface area contributed by atoms with E-state index >= 15 is 0 Å². The van der Waals surface area contributed by atoms with Crippen molar-refractivity contribution in [2.75, 3.05) is 13.1 Å². The van der Waals surface area contributed by atoms with Crippen LogP contribution in [0.3, 0.4) is 0 Å². The molecule has 1 N–H and O–H groups in total. The van der Waals surface area contributed by atoms with Gasteiger partial charge in [0.25, 0.3) is 0 Å². The maximum Gasteiger partial charge on any atom is 0.407 e. The second-order valence-corrected chi connectivity index (χ2v) is 4.82. The summed E-state index contributed by atoms with van der Waals surface area (Å²) in [5.41, 5.74) is 0. The molecule has 0 unspecified atom stereocenters. The Balaban J connectivity index is 1.85. The summed E-state index contributed by atoms with van der Waals surface area (Å²) in [5.74, 6) is 0.585. The lowest BCUT2D eigenvalue weighted by atomic mass is 10.1. The maximum atomic E-state index is 10.7. The Hall–Kier alpha value is -1.30. The quantitative estimate of drug-likeness (QED) is 0.911. The van der Waals surface area contributed by atoms with Crippen molar-refractivity contribution in [1.29, 1.82) is 0 Å². The zero-order valence-electron chi connectivity index (χ0n) is 9.17. The summed E-state index contributed by atoms with van der Waals surface area (Å²) in [6.45, 7) is 1.05. The van der Waals surface area contributed by atoms with Gasteiger partial charge >= 0.3 is 6.09 Å². The topological polar surface area (TPSA) is 62.7 Å². The minimum Gasteiger partial charge on any atom is -0.474 e. The van der Waals surface area contributed by atoms with Crippen molar-refractivity contribution in [2.45, 2.75) is 18.9 Å². The molecule has 0 radical (unpaired) electrons. The minimum atomic E-state index is -0.856. The first-order valence-electron chi connectivity index (χ1n) is 5.41. The Labute approximate surface area is 108 Å². The molecular formula is C11H13BrN2O3. The average Bonchev–Trinajstić information content (AvgIpc) is 2.33. The standard InChI is InChI=1S/C11H13BrN2O3/c12-8-1-2-10(13-7-8)17-9-3-5-14(6-4-9)11(15)16/h1-2,7,9H,3-6H2,(H,15,16). The highest BCUT2D eigenvalue weighted by Crippen LogP contribution is 2.18. The first-order chi connectivity index (χ1) is 8.15. The van der Waals surface area contributed by atoms with Gasteiger partial charge in [0.2, 0.25) is 5.88 Å². The summed E-state index contributed by atoms with van der Waals surface area (Å²) < 4.78 is 6.59. The molecule has 5 nitrogen and oxygen atoms in total. The van der Waals surface area contributed by atoms with Crippen LogP contribution in [0.4, 0.5) is 4.79 Å². The number of rotatable bonds is 2. The van der Waals surface area contributed by atoms with E-state index in [0.29, 0.717) is 31.8 Å². The lowest BCUT2D eigenvalue weighted by Crippen LogP contribution is -2.41. The first-order valence-corrected chi connectivity index (χ1v) is 6.20. The second-order valence-electron chi connectivity index (χ2n) is 3.90. The van der Waals surface area contributed by atoms with E-state index in [1.807, 2.05) is 6.07 Å². The number of nitrogens with zero attached hydrogens (tertiary/aromatic N) is 2. The van der Waals surface area contributed by atoms with E-state index in [4.69, 9.17) is 9.84 Å². The van der Waals surface area contributed by atoms with Crippen LogP contribution in [0.2, 0.25) is 0 Å². The Bertz CT molecular complexity index is 388. The maximum absolute atomic E-state index is 10.7. The van der Waals surface area contributed by atoms with Crippen molar-refractivity contribution in [3.8, 4) is 5.88 Å². The van der Waals surface area contributed by atoms with E-state index in [1.54, 1.807) is 12.3 Å². The molecular weight excluding hydrogens is 288 g/mol. The van der Waals surface area contributed by atoms with Gasteiger partial charge in [-0.3, -0.25) is 0 Å². The van der Waals surface area contributed by atoms with Gasteiger partial charge in [0.15, 0.2) is 0 Å². The number of hydrogen-bond acceptors (Lipinski definition) is 3. The third kappa shape index (κ3) is 3.33. The van der Waals surface area contributed by atoms with Crippen LogP contribution < -0.4 is 4.74 Å². The molecule has 6 heteroatoms.